The van der Waals surface area contributed by atoms with Gasteiger partial charge in [0, 0.05) is 23.3 Å². The zero-order chi connectivity index (χ0) is 16.4. The number of hydrogen-bond acceptors (Lipinski definition) is 4. The van der Waals surface area contributed by atoms with Crippen molar-refractivity contribution in [2.24, 2.45) is 0 Å². The van der Waals surface area contributed by atoms with E-state index in [0.717, 1.165) is 16.6 Å². The summed E-state index contributed by atoms with van der Waals surface area (Å²) in [7, 11) is 0. The van der Waals surface area contributed by atoms with Crippen molar-refractivity contribution in [3.63, 3.8) is 0 Å². The van der Waals surface area contributed by atoms with Gasteiger partial charge in [0.2, 0.25) is 0 Å². The van der Waals surface area contributed by atoms with Crippen LogP contribution >= 0.6 is 0 Å². The molecule has 116 valence electrons. The Balaban J connectivity index is 1.60. The van der Waals surface area contributed by atoms with E-state index >= 15 is 0 Å². The first-order chi connectivity index (χ1) is 11.8. The first-order valence-corrected chi connectivity index (χ1v) is 7.42. The number of benzene rings is 2. The predicted octanol–water partition coefficient (Wildman–Crippen LogP) is 3.07. The minimum atomic E-state index is -0.217. The van der Waals surface area contributed by atoms with Crippen LogP contribution in [0.5, 0.6) is 0 Å². The van der Waals surface area contributed by atoms with Crippen LogP contribution in [0.3, 0.4) is 0 Å². The first kappa shape index (κ1) is 14.1. The average Bonchev–Trinajstić information content (AvgIpc) is 3.17. The lowest BCUT2D eigenvalue weighted by Crippen LogP contribution is -2.13. The van der Waals surface area contributed by atoms with Crippen LogP contribution < -0.4 is 5.32 Å². The molecule has 0 saturated heterocycles. The zero-order valence-corrected chi connectivity index (χ0v) is 12.6. The van der Waals surface area contributed by atoms with Gasteiger partial charge >= 0.3 is 0 Å². The van der Waals surface area contributed by atoms with Gasteiger partial charge in [-0.15, -0.1) is 0 Å². The largest absolute Gasteiger partial charge is 0.306 e. The lowest BCUT2D eigenvalue weighted by Gasteiger charge is -2.08. The van der Waals surface area contributed by atoms with Gasteiger partial charge in [0.05, 0.1) is 11.2 Å². The fourth-order valence-corrected chi connectivity index (χ4v) is 2.47. The summed E-state index contributed by atoms with van der Waals surface area (Å²) in [6, 6.07) is 16.6. The Kier molecular flexibility index (Phi) is 3.47. The maximum Gasteiger partial charge on any atom is 0.256 e. The molecule has 0 aliphatic heterocycles. The molecule has 2 aromatic carbocycles. The number of fused-ring (bicyclic) bond motifs is 1. The van der Waals surface area contributed by atoms with E-state index in [1.807, 2.05) is 48.7 Å². The number of hydrogen-bond donors (Lipinski definition) is 1. The van der Waals surface area contributed by atoms with E-state index in [2.05, 4.69) is 20.4 Å². The third kappa shape index (κ3) is 2.61. The molecule has 0 atom stereocenters. The Bertz CT molecular complexity index is 988. The van der Waals surface area contributed by atoms with Crippen molar-refractivity contribution in [3.05, 3.63) is 78.9 Å². The molecule has 4 aromatic rings. The quantitative estimate of drug-likeness (QED) is 0.630. The van der Waals surface area contributed by atoms with E-state index in [-0.39, 0.29) is 5.91 Å². The molecule has 1 amide bonds. The number of amides is 1. The summed E-state index contributed by atoms with van der Waals surface area (Å²) in [5.41, 5.74) is 2.23. The number of nitrogens with one attached hydrogen (secondary N) is 1. The standard InChI is InChI=1S/C18H13N5O/c24-18(13-6-8-14(9-7-13)23-11-3-10-21-23)22-17-15-4-1-2-5-16(15)19-12-20-17/h1-12H,(H,19,20,22,24). The van der Waals surface area contributed by atoms with Crippen LogP contribution in [-0.4, -0.2) is 25.7 Å². The topological polar surface area (TPSA) is 72.7 Å². The van der Waals surface area contributed by atoms with Crippen molar-refractivity contribution in [2.45, 2.75) is 0 Å². The van der Waals surface area contributed by atoms with Crippen molar-refractivity contribution in [2.75, 3.05) is 5.32 Å². The van der Waals surface area contributed by atoms with E-state index < -0.39 is 0 Å². The lowest BCUT2D eigenvalue weighted by atomic mass is 10.2. The molecule has 0 bridgehead atoms. The van der Waals surface area contributed by atoms with Gasteiger partial charge in [-0.1, -0.05) is 12.1 Å². The monoisotopic (exact) mass is 315 g/mol. The van der Waals surface area contributed by atoms with Gasteiger partial charge in [-0.25, -0.2) is 14.6 Å². The number of aromatic nitrogens is 4. The van der Waals surface area contributed by atoms with Crippen LogP contribution in [0.25, 0.3) is 16.6 Å². The minimum Gasteiger partial charge on any atom is -0.306 e. The fraction of sp³-hybridized carbons (Fsp3) is 0. The van der Waals surface area contributed by atoms with Crippen LogP contribution in [0.4, 0.5) is 5.82 Å². The molecule has 2 heterocycles. The number of carbonyl (C=O) groups excluding carboxylic acids is 1. The highest BCUT2D eigenvalue weighted by molar-refractivity contribution is 6.07. The van der Waals surface area contributed by atoms with Crippen molar-refractivity contribution >= 4 is 22.6 Å². The molecule has 0 aliphatic rings. The molecule has 0 spiro atoms. The molecule has 0 aliphatic carbocycles. The van der Waals surface area contributed by atoms with Crippen LogP contribution in [0, 0.1) is 0 Å². The summed E-state index contributed by atoms with van der Waals surface area (Å²) in [6.07, 6.45) is 5.00. The van der Waals surface area contributed by atoms with Crippen LogP contribution in [0.1, 0.15) is 10.4 Å². The van der Waals surface area contributed by atoms with E-state index in [9.17, 15) is 4.79 Å². The summed E-state index contributed by atoms with van der Waals surface area (Å²) in [5.74, 6) is 0.285. The summed E-state index contributed by atoms with van der Waals surface area (Å²) >= 11 is 0. The van der Waals surface area contributed by atoms with Gasteiger partial charge in [-0.3, -0.25) is 4.79 Å². The maximum atomic E-state index is 12.5. The van der Waals surface area contributed by atoms with E-state index in [1.165, 1.54) is 6.33 Å². The Morgan fingerprint density at radius 1 is 0.958 bits per heavy atom. The Hall–Kier alpha value is -3.54. The molecule has 2 aromatic heterocycles. The maximum absolute atomic E-state index is 12.5. The number of para-hydroxylation sites is 1. The Morgan fingerprint density at radius 3 is 2.58 bits per heavy atom. The molecular formula is C18H13N5O. The molecule has 6 nitrogen and oxygen atoms in total. The van der Waals surface area contributed by atoms with Gasteiger partial charge in [-0.2, -0.15) is 5.10 Å². The second kappa shape index (κ2) is 5.92. The van der Waals surface area contributed by atoms with Crippen LogP contribution in [-0.2, 0) is 0 Å². The predicted molar refractivity (Wildman–Crippen MR) is 91.1 cm³/mol. The third-order valence-corrected chi connectivity index (χ3v) is 3.67. The first-order valence-electron chi connectivity index (χ1n) is 7.42. The molecule has 0 radical (unpaired) electrons. The smallest absolute Gasteiger partial charge is 0.256 e. The Labute approximate surface area is 137 Å². The molecule has 4 rings (SSSR count). The molecule has 24 heavy (non-hydrogen) atoms. The molecule has 0 unspecified atom stereocenters. The van der Waals surface area contributed by atoms with Gasteiger partial charge in [0.15, 0.2) is 0 Å². The normalized spacial score (nSPS) is 10.7. The molecule has 6 heteroatoms. The molecule has 0 saturated carbocycles. The van der Waals surface area contributed by atoms with Crippen molar-refractivity contribution < 1.29 is 4.79 Å². The van der Waals surface area contributed by atoms with Gasteiger partial charge in [0.1, 0.15) is 12.1 Å². The number of rotatable bonds is 3. The van der Waals surface area contributed by atoms with Crippen molar-refractivity contribution in [3.8, 4) is 5.69 Å². The average molecular weight is 315 g/mol. The van der Waals surface area contributed by atoms with Gasteiger partial charge in [0.25, 0.3) is 5.91 Å². The van der Waals surface area contributed by atoms with E-state index in [0.29, 0.717) is 11.4 Å². The lowest BCUT2D eigenvalue weighted by molar-refractivity contribution is 0.102. The molecule has 0 fully saturated rings. The zero-order valence-electron chi connectivity index (χ0n) is 12.6. The molecule has 1 N–H and O–H groups in total. The number of nitrogens with zero attached hydrogens (tertiary/aromatic N) is 4. The van der Waals surface area contributed by atoms with Crippen LogP contribution in [0.15, 0.2) is 73.3 Å². The van der Waals surface area contributed by atoms with Gasteiger partial charge < -0.3 is 5.32 Å². The second-order valence-corrected chi connectivity index (χ2v) is 5.19. The summed E-state index contributed by atoms with van der Waals surface area (Å²) < 4.78 is 1.74. The highest BCUT2D eigenvalue weighted by atomic mass is 16.1. The summed E-state index contributed by atoms with van der Waals surface area (Å²) in [5, 5.41) is 7.81. The SMILES string of the molecule is O=C(Nc1ncnc2ccccc12)c1ccc(-n2cccn2)cc1. The van der Waals surface area contributed by atoms with E-state index in [4.69, 9.17) is 0 Å². The van der Waals surface area contributed by atoms with E-state index in [1.54, 1.807) is 23.0 Å². The fourth-order valence-electron chi connectivity index (χ4n) is 2.47. The van der Waals surface area contributed by atoms with Gasteiger partial charge in [-0.05, 0) is 42.5 Å². The molecular weight excluding hydrogens is 302 g/mol. The highest BCUT2D eigenvalue weighted by Crippen LogP contribution is 2.19. The third-order valence-electron chi connectivity index (χ3n) is 3.67. The van der Waals surface area contributed by atoms with Crippen LogP contribution in [0.2, 0.25) is 0 Å². The summed E-state index contributed by atoms with van der Waals surface area (Å²) in [4.78, 5) is 20.8. The highest BCUT2D eigenvalue weighted by Gasteiger charge is 2.10. The Morgan fingerprint density at radius 2 is 1.79 bits per heavy atom. The van der Waals surface area contributed by atoms with Crippen molar-refractivity contribution in [1.29, 1.82) is 0 Å². The summed E-state index contributed by atoms with van der Waals surface area (Å²) in [6.45, 7) is 0. The van der Waals surface area contributed by atoms with Crippen molar-refractivity contribution in [1.82, 2.24) is 19.7 Å². The minimum absolute atomic E-state index is 0.217. The number of anilines is 1. The second-order valence-electron chi connectivity index (χ2n) is 5.19. The number of carbonyl (C=O) groups is 1.